The van der Waals surface area contributed by atoms with Crippen molar-refractivity contribution in [1.29, 1.82) is 0 Å². The lowest BCUT2D eigenvalue weighted by atomic mass is 10.1. The Hall–Kier alpha value is -2.65. The Balaban J connectivity index is 1.73. The van der Waals surface area contributed by atoms with Crippen molar-refractivity contribution in [3.63, 3.8) is 0 Å². The third kappa shape index (κ3) is 3.58. The Kier molecular flexibility index (Phi) is 4.40. The highest BCUT2D eigenvalue weighted by atomic mass is 32.1. The number of hydrogen-bond donors (Lipinski definition) is 1. The van der Waals surface area contributed by atoms with Crippen LogP contribution in [0.5, 0.6) is 0 Å². The molecule has 3 rings (SSSR count). The largest absolute Gasteiger partial charge is 0.269 e. The molecule has 23 heavy (non-hydrogen) atoms. The zero-order valence-electron chi connectivity index (χ0n) is 12.0. The van der Waals surface area contributed by atoms with Gasteiger partial charge in [-0.25, -0.2) is 9.97 Å². The summed E-state index contributed by atoms with van der Waals surface area (Å²) < 4.78 is 0. The number of hydrogen-bond acceptors (Lipinski definition) is 8. The molecule has 116 valence electrons. The molecular formula is C14H11N5O2S2. The summed E-state index contributed by atoms with van der Waals surface area (Å²) in [5, 5.41) is 20.2. The zero-order chi connectivity index (χ0) is 16.2. The first-order chi connectivity index (χ1) is 11.1. The van der Waals surface area contributed by atoms with E-state index in [-0.39, 0.29) is 5.69 Å². The number of nitrogens with one attached hydrogen (secondary N) is 1. The van der Waals surface area contributed by atoms with Crippen molar-refractivity contribution in [3.8, 4) is 11.3 Å². The van der Waals surface area contributed by atoms with Gasteiger partial charge in [-0.2, -0.15) is 5.10 Å². The van der Waals surface area contributed by atoms with Crippen LogP contribution in [0.25, 0.3) is 11.3 Å². The van der Waals surface area contributed by atoms with Crippen molar-refractivity contribution in [2.75, 3.05) is 5.43 Å². The standard InChI is InChI=1S/C14H11N5O2S2/c1-9(13-15-6-7-22-13)17-18-14-16-12(8-23-14)10-2-4-11(5-3-10)19(20)21/h2-8H,1H3,(H,16,18)/b17-9-. The van der Waals surface area contributed by atoms with E-state index < -0.39 is 4.92 Å². The Labute approximate surface area is 139 Å². The number of hydrazone groups is 1. The predicted molar refractivity (Wildman–Crippen MR) is 92.2 cm³/mol. The molecule has 0 saturated carbocycles. The molecule has 0 aliphatic rings. The molecule has 3 aromatic rings. The second-order valence-electron chi connectivity index (χ2n) is 4.49. The van der Waals surface area contributed by atoms with Gasteiger partial charge in [0.05, 0.1) is 16.3 Å². The van der Waals surface area contributed by atoms with E-state index in [1.54, 1.807) is 18.3 Å². The van der Waals surface area contributed by atoms with Crippen LogP contribution in [-0.4, -0.2) is 20.6 Å². The number of nitro groups is 1. The molecule has 0 unspecified atom stereocenters. The van der Waals surface area contributed by atoms with Crippen LogP contribution in [0, 0.1) is 10.1 Å². The maximum absolute atomic E-state index is 10.7. The minimum Gasteiger partial charge on any atom is -0.258 e. The quantitative estimate of drug-likeness (QED) is 0.428. The number of non-ortho nitro benzene ring substituents is 1. The first-order valence-electron chi connectivity index (χ1n) is 6.54. The SMILES string of the molecule is C/C(=N/Nc1nc(-c2ccc([N+](=O)[O-])cc2)cs1)c1nccs1. The molecule has 7 nitrogen and oxygen atoms in total. The Morgan fingerprint density at radius 3 is 2.74 bits per heavy atom. The fraction of sp³-hybridized carbons (Fsp3) is 0.0714. The molecule has 1 aromatic carbocycles. The van der Waals surface area contributed by atoms with E-state index in [1.165, 1.54) is 34.8 Å². The molecule has 0 bridgehead atoms. The maximum Gasteiger partial charge on any atom is 0.269 e. The van der Waals surface area contributed by atoms with E-state index in [0.717, 1.165) is 22.0 Å². The van der Waals surface area contributed by atoms with Crippen molar-refractivity contribution in [3.05, 3.63) is 56.3 Å². The molecule has 0 aliphatic heterocycles. The summed E-state index contributed by atoms with van der Waals surface area (Å²) in [6.07, 6.45) is 1.73. The van der Waals surface area contributed by atoms with Gasteiger partial charge < -0.3 is 0 Å². The van der Waals surface area contributed by atoms with Crippen LogP contribution in [-0.2, 0) is 0 Å². The second-order valence-corrected chi connectivity index (χ2v) is 6.24. The van der Waals surface area contributed by atoms with Gasteiger partial charge in [-0.3, -0.25) is 15.5 Å². The molecule has 2 aromatic heterocycles. The van der Waals surface area contributed by atoms with Gasteiger partial charge >= 0.3 is 0 Å². The van der Waals surface area contributed by atoms with Crippen molar-refractivity contribution in [1.82, 2.24) is 9.97 Å². The van der Waals surface area contributed by atoms with Crippen LogP contribution in [0.15, 0.2) is 46.3 Å². The van der Waals surface area contributed by atoms with Gasteiger partial charge in [0.25, 0.3) is 5.69 Å². The average molecular weight is 345 g/mol. The lowest BCUT2D eigenvalue weighted by Gasteiger charge is -1.98. The first-order valence-corrected chi connectivity index (χ1v) is 8.30. The minimum atomic E-state index is -0.423. The van der Waals surface area contributed by atoms with Crippen LogP contribution >= 0.6 is 22.7 Å². The fourth-order valence-electron chi connectivity index (χ4n) is 1.79. The topological polar surface area (TPSA) is 93.3 Å². The molecule has 0 saturated heterocycles. The van der Waals surface area contributed by atoms with Crippen LogP contribution in [0.3, 0.4) is 0 Å². The number of nitrogens with zero attached hydrogens (tertiary/aromatic N) is 4. The van der Waals surface area contributed by atoms with Crippen LogP contribution in [0.1, 0.15) is 11.9 Å². The van der Waals surface area contributed by atoms with Crippen molar-refractivity contribution in [2.45, 2.75) is 6.92 Å². The second kappa shape index (κ2) is 6.63. The van der Waals surface area contributed by atoms with Crippen molar-refractivity contribution < 1.29 is 4.92 Å². The summed E-state index contributed by atoms with van der Waals surface area (Å²) in [6.45, 7) is 1.87. The smallest absolute Gasteiger partial charge is 0.258 e. The highest BCUT2D eigenvalue weighted by Gasteiger charge is 2.08. The summed E-state index contributed by atoms with van der Waals surface area (Å²) in [5.41, 5.74) is 5.32. The first kappa shape index (κ1) is 15.3. The third-order valence-corrected chi connectivity index (χ3v) is 4.57. The molecule has 1 N–H and O–H groups in total. The molecule has 0 fully saturated rings. The van der Waals surface area contributed by atoms with Crippen molar-refractivity contribution >= 4 is 39.2 Å². The molecule has 0 radical (unpaired) electrons. The Morgan fingerprint density at radius 2 is 2.09 bits per heavy atom. The van der Waals surface area contributed by atoms with Crippen molar-refractivity contribution in [2.24, 2.45) is 5.10 Å². The average Bonchev–Trinajstić information content (AvgIpc) is 3.24. The van der Waals surface area contributed by atoms with Gasteiger partial charge in [0.2, 0.25) is 5.13 Å². The van der Waals surface area contributed by atoms with E-state index in [0.29, 0.717) is 5.13 Å². The van der Waals surface area contributed by atoms with Gasteiger partial charge in [-0.1, -0.05) is 0 Å². The highest BCUT2D eigenvalue weighted by molar-refractivity contribution is 7.14. The third-order valence-electron chi connectivity index (χ3n) is 2.94. The van der Waals surface area contributed by atoms with Gasteiger partial charge in [0.1, 0.15) is 5.01 Å². The summed E-state index contributed by atoms with van der Waals surface area (Å²) in [7, 11) is 0. The monoisotopic (exact) mass is 345 g/mol. The van der Waals surface area contributed by atoms with E-state index >= 15 is 0 Å². The van der Waals surface area contributed by atoms with Crippen LogP contribution < -0.4 is 5.43 Å². The molecule has 0 amide bonds. The van der Waals surface area contributed by atoms with Crippen LogP contribution in [0.4, 0.5) is 10.8 Å². The maximum atomic E-state index is 10.7. The van der Waals surface area contributed by atoms with E-state index in [1.807, 2.05) is 17.7 Å². The summed E-state index contributed by atoms with van der Waals surface area (Å²) >= 11 is 2.93. The number of anilines is 1. The van der Waals surface area contributed by atoms with Gasteiger partial charge in [-0.15, -0.1) is 22.7 Å². The van der Waals surface area contributed by atoms with E-state index in [4.69, 9.17) is 0 Å². The number of nitro benzene ring substituents is 1. The molecule has 0 spiro atoms. The lowest BCUT2D eigenvalue weighted by Crippen LogP contribution is -1.98. The zero-order valence-corrected chi connectivity index (χ0v) is 13.6. The van der Waals surface area contributed by atoms with E-state index in [9.17, 15) is 10.1 Å². The van der Waals surface area contributed by atoms with Crippen LogP contribution in [0.2, 0.25) is 0 Å². The van der Waals surface area contributed by atoms with E-state index in [2.05, 4.69) is 20.5 Å². The highest BCUT2D eigenvalue weighted by Crippen LogP contribution is 2.26. The Morgan fingerprint density at radius 1 is 1.30 bits per heavy atom. The summed E-state index contributed by atoms with van der Waals surface area (Å²) in [6, 6.07) is 6.29. The number of aromatic nitrogens is 2. The summed E-state index contributed by atoms with van der Waals surface area (Å²) in [5.74, 6) is 0. The van der Waals surface area contributed by atoms with Gasteiger partial charge in [0.15, 0.2) is 0 Å². The fourth-order valence-corrected chi connectivity index (χ4v) is 3.04. The number of benzene rings is 1. The van der Waals surface area contributed by atoms with Gasteiger partial charge in [-0.05, 0) is 19.1 Å². The normalized spacial score (nSPS) is 11.4. The molecular weight excluding hydrogens is 334 g/mol. The molecule has 2 heterocycles. The van der Waals surface area contributed by atoms with Gasteiger partial charge in [0, 0.05) is 34.7 Å². The number of thiazole rings is 2. The predicted octanol–water partition coefficient (Wildman–Crippen LogP) is 4.01. The minimum absolute atomic E-state index is 0.0611. The summed E-state index contributed by atoms with van der Waals surface area (Å²) in [4.78, 5) is 18.8. The lowest BCUT2D eigenvalue weighted by molar-refractivity contribution is -0.384. The Bertz CT molecular complexity index is 840. The number of rotatable bonds is 5. The molecule has 9 heteroatoms. The molecule has 0 atom stereocenters. The molecule has 0 aliphatic carbocycles.